The summed E-state index contributed by atoms with van der Waals surface area (Å²) in [6.07, 6.45) is 9.87. The van der Waals surface area contributed by atoms with Crippen molar-refractivity contribution in [3.63, 3.8) is 0 Å². The monoisotopic (exact) mass is 325 g/mol. The molecule has 1 N–H and O–H groups in total. The third kappa shape index (κ3) is 3.75. The molecule has 0 saturated heterocycles. The van der Waals surface area contributed by atoms with Crippen LogP contribution in [-0.2, 0) is 0 Å². The van der Waals surface area contributed by atoms with Gasteiger partial charge in [-0.15, -0.1) is 0 Å². The predicted molar refractivity (Wildman–Crippen MR) is 91.1 cm³/mol. The summed E-state index contributed by atoms with van der Waals surface area (Å²) in [5.74, 6) is 1.96. The van der Waals surface area contributed by atoms with Crippen LogP contribution < -0.4 is 5.32 Å². The Labute approximate surface area is 138 Å². The van der Waals surface area contributed by atoms with Gasteiger partial charge in [0.2, 0.25) is 0 Å². The fraction of sp³-hybridized carbons (Fsp3) is 0.667. The Morgan fingerprint density at radius 3 is 2.57 bits per heavy atom. The summed E-state index contributed by atoms with van der Waals surface area (Å²) >= 11 is 12.3. The average molecular weight is 326 g/mol. The Morgan fingerprint density at radius 2 is 1.81 bits per heavy atom. The molecule has 2 aliphatic rings. The van der Waals surface area contributed by atoms with Crippen molar-refractivity contribution in [2.75, 3.05) is 0 Å². The molecule has 3 heteroatoms. The van der Waals surface area contributed by atoms with Gasteiger partial charge >= 0.3 is 0 Å². The van der Waals surface area contributed by atoms with Crippen LogP contribution in [0.25, 0.3) is 0 Å². The molecular formula is C18H25Cl2N. The minimum absolute atomic E-state index is 0.292. The van der Waals surface area contributed by atoms with Gasteiger partial charge in [0.05, 0.1) is 0 Å². The van der Waals surface area contributed by atoms with Crippen molar-refractivity contribution in [1.29, 1.82) is 0 Å². The Hall–Kier alpha value is -0.240. The van der Waals surface area contributed by atoms with E-state index in [4.69, 9.17) is 23.2 Å². The normalized spacial score (nSPS) is 30.7. The van der Waals surface area contributed by atoms with Crippen molar-refractivity contribution in [3.8, 4) is 0 Å². The maximum atomic E-state index is 6.33. The van der Waals surface area contributed by atoms with E-state index >= 15 is 0 Å². The van der Waals surface area contributed by atoms with E-state index in [1.165, 1.54) is 44.9 Å². The van der Waals surface area contributed by atoms with Crippen molar-refractivity contribution < 1.29 is 0 Å². The molecule has 4 unspecified atom stereocenters. The molecule has 0 aliphatic heterocycles. The van der Waals surface area contributed by atoms with Gasteiger partial charge < -0.3 is 5.32 Å². The zero-order valence-corrected chi connectivity index (χ0v) is 14.3. The van der Waals surface area contributed by atoms with E-state index in [1.807, 2.05) is 12.1 Å². The molecule has 0 bridgehead atoms. The number of hydrogen-bond donors (Lipinski definition) is 1. The van der Waals surface area contributed by atoms with Crippen molar-refractivity contribution in [3.05, 3.63) is 33.8 Å². The molecule has 2 fully saturated rings. The Kier molecular flexibility index (Phi) is 5.14. The standard InChI is InChI=1S/C18H25Cl2N/c1-12(17-9-7-15(19)11-18(17)20)21-16-8-6-13-4-2-3-5-14(13)10-16/h7,9,11-14,16,21H,2-6,8,10H2,1H3. The lowest BCUT2D eigenvalue weighted by molar-refractivity contribution is 0.139. The molecule has 21 heavy (non-hydrogen) atoms. The van der Waals surface area contributed by atoms with Crippen LogP contribution in [0.2, 0.25) is 10.0 Å². The molecule has 0 radical (unpaired) electrons. The van der Waals surface area contributed by atoms with E-state index in [0.717, 1.165) is 22.4 Å². The first-order chi connectivity index (χ1) is 10.1. The van der Waals surface area contributed by atoms with Gasteiger partial charge in [-0.05, 0) is 55.7 Å². The molecule has 4 atom stereocenters. The molecule has 3 rings (SSSR count). The van der Waals surface area contributed by atoms with Crippen LogP contribution in [0.1, 0.15) is 63.5 Å². The van der Waals surface area contributed by atoms with Crippen LogP contribution in [0.5, 0.6) is 0 Å². The largest absolute Gasteiger partial charge is 0.307 e. The number of nitrogens with one attached hydrogen (secondary N) is 1. The quantitative estimate of drug-likeness (QED) is 0.718. The molecule has 116 valence electrons. The van der Waals surface area contributed by atoms with E-state index in [1.54, 1.807) is 0 Å². The molecule has 0 heterocycles. The minimum Gasteiger partial charge on any atom is -0.307 e. The minimum atomic E-state index is 0.292. The maximum absolute atomic E-state index is 6.33. The van der Waals surface area contributed by atoms with Gasteiger partial charge in [0.25, 0.3) is 0 Å². The Bertz CT molecular complexity index is 488. The molecule has 1 aromatic carbocycles. The van der Waals surface area contributed by atoms with Crippen LogP contribution in [0, 0.1) is 11.8 Å². The predicted octanol–water partition coefficient (Wildman–Crippen LogP) is 6.00. The Balaban J connectivity index is 1.61. The SMILES string of the molecule is CC(NC1CCC2CCCCC2C1)c1ccc(Cl)cc1Cl. The number of halogens is 2. The number of rotatable bonds is 3. The van der Waals surface area contributed by atoms with Crippen molar-refractivity contribution in [2.45, 2.75) is 64.0 Å². The third-order valence-electron chi connectivity index (χ3n) is 5.45. The highest BCUT2D eigenvalue weighted by atomic mass is 35.5. The fourth-order valence-corrected chi connectivity index (χ4v) is 4.89. The van der Waals surface area contributed by atoms with Gasteiger partial charge in [-0.2, -0.15) is 0 Å². The van der Waals surface area contributed by atoms with Crippen LogP contribution in [0.4, 0.5) is 0 Å². The number of benzene rings is 1. The lowest BCUT2D eigenvalue weighted by Crippen LogP contribution is -2.39. The van der Waals surface area contributed by atoms with Crippen LogP contribution in [0.3, 0.4) is 0 Å². The van der Waals surface area contributed by atoms with Crippen LogP contribution in [0.15, 0.2) is 18.2 Å². The first kappa shape index (κ1) is 15.6. The molecule has 2 saturated carbocycles. The third-order valence-corrected chi connectivity index (χ3v) is 6.02. The second-order valence-corrected chi connectivity index (χ2v) is 7.71. The second-order valence-electron chi connectivity index (χ2n) is 6.87. The smallest absolute Gasteiger partial charge is 0.0468 e. The summed E-state index contributed by atoms with van der Waals surface area (Å²) in [5.41, 5.74) is 1.16. The van der Waals surface area contributed by atoms with E-state index in [0.29, 0.717) is 17.1 Å². The van der Waals surface area contributed by atoms with Crippen molar-refractivity contribution in [2.24, 2.45) is 11.8 Å². The first-order valence-corrected chi connectivity index (χ1v) is 9.10. The van der Waals surface area contributed by atoms with Crippen molar-refractivity contribution >= 4 is 23.2 Å². The van der Waals surface area contributed by atoms with Gasteiger partial charge in [-0.25, -0.2) is 0 Å². The molecule has 2 aliphatic carbocycles. The average Bonchev–Trinajstić information content (AvgIpc) is 2.47. The molecular weight excluding hydrogens is 301 g/mol. The number of fused-ring (bicyclic) bond motifs is 1. The van der Waals surface area contributed by atoms with E-state index in [-0.39, 0.29) is 0 Å². The highest BCUT2D eigenvalue weighted by molar-refractivity contribution is 6.35. The Morgan fingerprint density at radius 1 is 1.05 bits per heavy atom. The summed E-state index contributed by atoms with van der Waals surface area (Å²) in [6, 6.07) is 6.76. The lowest BCUT2D eigenvalue weighted by atomic mass is 9.69. The van der Waals surface area contributed by atoms with Crippen LogP contribution in [-0.4, -0.2) is 6.04 Å². The molecule has 1 aromatic rings. The summed E-state index contributed by atoms with van der Waals surface area (Å²) in [7, 11) is 0. The first-order valence-electron chi connectivity index (χ1n) is 8.34. The van der Waals surface area contributed by atoms with Gasteiger partial charge in [0.15, 0.2) is 0 Å². The summed E-state index contributed by atoms with van der Waals surface area (Å²) < 4.78 is 0. The van der Waals surface area contributed by atoms with Crippen LogP contribution >= 0.6 is 23.2 Å². The highest BCUT2D eigenvalue weighted by Crippen LogP contribution is 2.41. The van der Waals surface area contributed by atoms with E-state index < -0.39 is 0 Å². The summed E-state index contributed by atoms with van der Waals surface area (Å²) in [5, 5.41) is 5.28. The maximum Gasteiger partial charge on any atom is 0.0468 e. The zero-order valence-electron chi connectivity index (χ0n) is 12.7. The second kappa shape index (κ2) is 6.89. The lowest BCUT2D eigenvalue weighted by Gasteiger charge is -2.40. The van der Waals surface area contributed by atoms with E-state index in [2.05, 4.69) is 18.3 Å². The summed E-state index contributed by atoms with van der Waals surface area (Å²) in [4.78, 5) is 0. The fourth-order valence-electron chi connectivity index (χ4n) is 4.32. The topological polar surface area (TPSA) is 12.0 Å². The molecule has 0 spiro atoms. The zero-order chi connectivity index (χ0) is 14.8. The number of hydrogen-bond acceptors (Lipinski definition) is 1. The van der Waals surface area contributed by atoms with Gasteiger partial charge in [-0.3, -0.25) is 0 Å². The summed E-state index contributed by atoms with van der Waals surface area (Å²) in [6.45, 7) is 2.21. The van der Waals surface area contributed by atoms with Gasteiger partial charge in [-0.1, -0.05) is 55.0 Å². The van der Waals surface area contributed by atoms with Gasteiger partial charge in [0.1, 0.15) is 0 Å². The molecule has 0 amide bonds. The van der Waals surface area contributed by atoms with Crippen molar-refractivity contribution in [1.82, 2.24) is 5.32 Å². The molecule has 0 aromatic heterocycles. The van der Waals surface area contributed by atoms with E-state index in [9.17, 15) is 0 Å². The molecule has 1 nitrogen and oxygen atoms in total. The highest BCUT2D eigenvalue weighted by Gasteiger charge is 2.32. The van der Waals surface area contributed by atoms with Gasteiger partial charge in [0, 0.05) is 22.1 Å².